The molecule has 0 fully saturated rings. The van der Waals surface area contributed by atoms with Crippen LogP contribution in [-0.2, 0) is 4.79 Å². The fourth-order valence-electron chi connectivity index (χ4n) is 3.05. The number of carbonyl (C=O) groups excluding carboxylic acids is 2. The van der Waals surface area contributed by atoms with E-state index in [1.807, 2.05) is 41.9 Å². The number of benzene rings is 1. The first kappa shape index (κ1) is 19.5. The number of aromatic nitrogens is 1. The van der Waals surface area contributed by atoms with Crippen LogP contribution >= 0.6 is 45.8 Å². The predicted molar refractivity (Wildman–Crippen MR) is 127 cm³/mol. The van der Waals surface area contributed by atoms with E-state index < -0.39 is 0 Å². The first-order valence-corrected chi connectivity index (χ1v) is 12.6. The fourth-order valence-corrected chi connectivity index (χ4v) is 6.59. The molecule has 150 valence electrons. The quantitative estimate of drug-likeness (QED) is 0.369. The average Bonchev–Trinajstić information content (AvgIpc) is 3.49. The normalized spacial score (nSPS) is 15.5. The van der Waals surface area contributed by atoms with Gasteiger partial charge in [0.15, 0.2) is 5.13 Å². The van der Waals surface area contributed by atoms with Crippen molar-refractivity contribution in [2.75, 3.05) is 10.6 Å². The fraction of sp³-hybridized carbons (Fsp3) is 0.0952. The molecule has 5 nitrogen and oxygen atoms in total. The van der Waals surface area contributed by atoms with Crippen LogP contribution in [0.15, 0.2) is 58.1 Å². The van der Waals surface area contributed by atoms with Crippen molar-refractivity contribution in [2.24, 2.45) is 0 Å². The monoisotopic (exact) mass is 469 g/mol. The number of nitrogens with zero attached hydrogens (tertiary/aromatic N) is 1. The Kier molecular flexibility index (Phi) is 5.20. The van der Waals surface area contributed by atoms with Gasteiger partial charge in [-0.3, -0.25) is 14.9 Å². The molecule has 0 saturated carbocycles. The van der Waals surface area contributed by atoms with Gasteiger partial charge in [-0.15, -0.1) is 34.4 Å². The maximum absolute atomic E-state index is 12.9. The van der Waals surface area contributed by atoms with Gasteiger partial charge in [-0.1, -0.05) is 23.5 Å². The summed E-state index contributed by atoms with van der Waals surface area (Å²) in [5.41, 5.74) is 2.04. The molecule has 1 aromatic carbocycles. The molecule has 9 heteroatoms. The molecule has 2 amide bonds. The molecule has 0 radical (unpaired) electrons. The molecular formula is C21H15N3O2S4. The molecule has 5 rings (SSSR count). The summed E-state index contributed by atoms with van der Waals surface area (Å²) in [6.45, 7) is 1.86. The topological polar surface area (TPSA) is 71.1 Å². The molecule has 0 bridgehead atoms. The maximum atomic E-state index is 12.9. The zero-order valence-electron chi connectivity index (χ0n) is 15.7. The summed E-state index contributed by atoms with van der Waals surface area (Å²) in [6.07, 6.45) is 0. The van der Waals surface area contributed by atoms with E-state index in [2.05, 4.69) is 16.7 Å². The van der Waals surface area contributed by atoms with Gasteiger partial charge in [-0.2, -0.15) is 0 Å². The van der Waals surface area contributed by atoms with Crippen LogP contribution in [0, 0.1) is 0 Å². The zero-order valence-corrected chi connectivity index (χ0v) is 18.9. The highest BCUT2D eigenvalue weighted by atomic mass is 32.2. The highest BCUT2D eigenvalue weighted by molar-refractivity contribution is 8.00. The Morgan fingerprint density at radius 3 is 2.60 bits per heavy atom. The number of amides is 2. The Morgan fingerprint density at radius 1 is 1.10 bits per heavy atom. The number of anilines is 2. The SMILES string of the molecule is CC1Sc2ccc(C(=O)Nc3nc(-c4cccs4)c(-c4cccs4)s3)cc2NC1=O. The van der Waals surface area contributed by atoms with E-state index in [1.54, 1.807) is 34.8 Å². The van der Waals surface area contributed by atoms with Crippen molar-refractivity contribution in [2.45, 2.75) is 17.1 Å². The number of hydrogen-bond donors (Lipinski definition) is 2. The van der Waals surface area contributed by atoms with Crippen LogP contribution in [-0.4, -0.2) is 22.0 Å². The van der Waals surface area contributed by atoms with Gasteiger partial charge in [0.25, 0.3) is 5.91 Å². The van der Waals surface area contributed by atoms with Crippen LogP contribution in [0.5, 0.6) is 0 Å². The molecule has 0 spiro atoms. The summed E-state index contributed by atoms with van der Waals surface area (Å²) >= 11 is 6.24. The third-order valence-corrected chi connectivity index (χ3v) is 8.59. The third-order valence-electron chi connectivity index (χ3n) is 4.52. The van der Waals surface area contributed by atoms with E-state index >= 15 is 0 Å². The molecule has 1 aliphatic rings. The van der Waals surface area contributed by atoms with Crippen LogP contribution in [0.1, 0.15) is 17.3 Å². The van der Waals surface area contributed by atoms with Gasteiger partial charge in [-0.25, -0.2) is 4.98 Å². The highest BCUT2D eigenvalue weighted by Crippen LogP contribution is 2.42. The Morgan fingerprint density at radius 2 is 1.87 bits per heavy atom. The van der Waals surface area contributed by atoms with Gasteiger partial charge in [-0.05, 0) is 48.0 Å². The molecule has 3 aromatic heterocycles. The molecule has 1 atom stereocenters. The summed E-state index contributed by atoms with van der Waals surface area (Å²) in [4.78, 5) is 33.8. The number of hydrogen-bond acceptors (Lipinski definition) is 7. The molecule has 0 saturated heterocycles. The summed E-state index contributed by atoms with van der Waals surface area (Å²) in [7, 11) is 0. The molecule has 4 aromatic rings. The van der Waals surface area contributed by atoms with Gasteiger partial charge >= 0.3 is 0 Å². The lowest BCUT2D eigenvalue weighted by molar-refractivity contribution is -0.115. The number of thiazole rings is 1. The zero-order chi connectivity index (χ0) is 20.7. The predicted octanol–water partition coefficient (Wildman–Crippen LogP) is 6.29. The molecule has 4 heterocycles. The van der Waals surface area contributed by atoms with Crippen LogP contribution in [0.4, 0.5) is 10.8 Å². The van der Waals surface area contributed by atoms with Gasteiger partial charge in [0, 0.05) is 15.3 Å². The number of rotatable bonds is 4. The van der Waals surface area contributed by atoms with E-state index in [1.165, 1.54) is 23.1 Å². The number of thioether (sulfide) groups is 1. The van der Waals surface area contributed by atoms with E-state index in [0.29, 0.717) is 16.4 Å². The second-order valence-corrected chi connectivity index (χ2v) is 10.8. The largest absolute Gasteiger partial charge is 0.324 e. The van der Waals surface area contributed by atoms with Crippen molar-refractivity contribution in [3.05, 3.63) is 58.8 Å². The standard InChI is InChI=1S/C21H15N3O2S4/c1-11-19(25)22-13-10-12(6-7-14(13)29-11)20(26)24-21-23-17(15-4-2-8-27-15)18(30-21)16-5-3-9-28-16/h2-11H,1H3,(H,22,25)(H,23,24,26). The number of carbonyl (C=O) groups is 2. The van der Waals surface area contributed by atoms with E-state index in [4.69, 9.17) is 4.98 Å². The molecule has 0 aliphatic carbocycles. The minimum Gasteiger partial charge on any atom is -0.324 e. The lowest BCUT2D eigenvalue weighted by atomic mass is 10.2. The van der Waals surface area contributed by atoms with E-state index in [9.17, 15) is 9.59 Å². The summed E-state index contributed by atoms with van der Waals surface area (Å²) < 4.78 is 0. The average molecular weight is 470 g/mol. The first-order valence-electron chi connectivity index (χ1n) is 9.10. The smallest absolute Gasteiger partial charge is 0.257 e. The van der Waals surface area contributed by atoms with Crippen LogP contribution in [0.3, 0.4) is 0 Å². The lowest BCUT2D eigenvalue weighted by Gasteiger charge is -2.21. The molecule has 1 aliphatic heterocycles. The van der Waals surface area contributed by atoms with Crippen LogP contribution in [0.25, 0.3) is 20.3 Å². The Labute approximate surface area is 189 Å². The Bertz CT molecular complexity index is 1180. The second kappa shape index (κ2) is 7.99. The number of nitrogens with one attached hydrogen (secondary N) is 2. The summed E-state index contributed by atoms with van der Waals surface area (Å²) in [5.74, 6) is -0.300. The maximum Gasteiger partial charge on any atom is 0.257 e. The van der Waals surface area contributed by atoms with Gasteiger partial charge in [0.1, 0.15) is 5.69 Å². The minimum atomic E-state index is -0.250. The van der Waals surface area contributed by atoms with Crippen molar-refractivity contribution in [3.8, 4) is 20.3 Å². The van der Waals surface area contributed by atoms with E-state index in [0.717, 1.165) is 25.2 Å². The Hall–Kier alpha value is -2.46. The Balaban J connectivity index is 1.44. The second-order valence-electron chi connectivity index (χ2n) is 6.57. The molecular weight excluding hydrogens is 455 g/mol. The van der Waals surface area contributed by atoms with E-state index in [-0.39, 0.29) is 17.1 Å². The van der Waals surface area contributed by atoms with Gasteiger partial charge in [0.2, 0.25) is 5.91 Å². The lowest BCUT2D eigenvalue weighted by Crippen LogP contribution is -2.26. The number of thiophene rings is 2. The van der Waals surface area contributed by atoms with Crippen molar-refractivity contribution < 1.29 is 9.59 Å². The third kappa shape index (κ3) is 3.69. The summed E-state index contributed by atoms with van der Waals surface area (Å²) in [5, 5.41) is 10.3. The molecule has 1 unspecified atom stereocenters. The van der Waals surface area contributed by atoms with Crippen molar-refractivity contribution >= 4 is 68.4 Å². The van der Waals surface area contributed by atoms with Gasteiger partial charge in [0.05, 0.1) is 20.7 Å². The minimum absolute atomic E-state index is 0.0499. The molecule has 30 heavy (non-hydrogen) atoms. The van der Waals surface area contributed by atoms with Crippen molar-refractivity contribution in [3.63, 3.8) is 0 Å². The summed E-state index contributed by atoms with van der Waals surface area (Å²) in [6, 6.07) is 13.5. The van der Waals surface area contributed by atoms with Crippen molar-refractivity contribution in [1.29, 1.82) is 0 Å². The van der Waals surface area contributed by atoms with Crippen LogP contribution in [0.2, 0.25) is 0 Å². The first-order chi connectivity index (χ1) is 14.6. The highest BCUT2D eigenvalue weighted by Gasteiger charge is 2.24. The van der Waals surface area contributed by atoms with Crippen molar-refractivity contribution in [1.82, 2.24) is 4.98 Å². The molecule has 2 N–H and O–H groups in total. The van der Waals surface area contributed by atoms with Crippen LogP contribution < -0.4 is 10.6 Å². The number of fused-ring (bicyclic) bond motifs is 1. The van der Waals surface area contributed by atoms with Gasteiger partial charge < -0.3 is 5.32 Å².